The minimum atomic E-state index is -4.48. The minimum Gasteiger partial charge on any atom is -0.475 e. The summed E-state index contributed by atoms with van der Waals surface area (Å²) < 4.78 is 43.9. The van der Waals surface area contributed by atoms with Gasteiger partial charge in [-0.05, 0) is 37.7 Å². The highest BCUT2D eigenvalue weighted by molar-refractivity contribution is 8.00. The first-order valence-corrected chi connectivity index (χ1v) is 9.06. The molecule has 2 heterocycles. The van der Waals surface area contributed by atoms with Gasteiger partial charge in [-0.3, -0.25) is 4.99 Å². The van der Waals surface area contributed by atoms with Crippen LogP contribution in [0.25, 0.3) is 0 Å². The molecule has 2 rings (SSSR count). The van der Waals surface area contributed by atoms with Crippen molar-refractivity contribution in [1.29, 1.82) is 0 Å². The lowest BCUT2D eigenvalue weighted by Crippen LogP contribution is -2.44. The summed E-state index contributed by atoms with van der Waals surface area (Å²) in [5.74, 6) is 1.37. The zero-order valence-corrected chi connectivity index (χ0v) is 15.1. The van der Waals surface area contributed by atoms with Crippen molar-refractivity contribution in [2.24, 2.45) is 4.99 Å². The van der Waals surface area contributed by atoms with Crippen LogP contribution in [0.5, 0.6) is 5.88 Å². The Morgan fingerprint density at radius 1 is 1.44 bits per heavy atom. The highest BCUT2D eigenvalue weighted by Crippen LogP contribution is 2.37. The monoisotopic (exact) mass is 376 g/mol. The van der Waals surface area contributed by atoms with Gasteiger partial charge < -0.3 is 15.4 Å². The first-order valence-electron chi connectivity index (χ1n) is 8.07. The van der Waals surface area contributed by atoms with Crippen LogP contribution in [0.15, 0.2) is 23.3 Å². The second-order valence-electron chi connectivity index (χ2n) is 5.96. The predicted molar refractivity (Wildman–Crippen MR) is 94.2 cm³/mol. The van der Waals surface area contributed by atoms with E-state index < -0.39 is 17.6 Å². The van der Waals surface area contributed by atoms with Crippen LogP contribution in [-0.2, 0) is 6.18 Å². The van der Waals surface area contributed by atoms with E-state index in [9.17, 15) is 13.2 Å². The lowest BCUT2D eigenvalue weighted by molar-refractivity contribution is -0.139. The molecule has 2 N–H and O–H groups in total. The Morgan fingerprint density at radius 2 is 2.24 bits per heavy atom. The molecule has 25 heavy (non-hydrogen) atoms. The van der Waals surface area contributed by atoms with Crippen LogP contribution in [0.4, 0.5) is 13.2 Å². The van der Waals surface area contributed by atoms with Gasteiger partial charge >= 0.3 is 6.18 Å². The molecule has 1 saturated heterocycles. The molecule has 1 fully saturated rings. The lowest BCUT2D eigenvalue weighted by atomic mass is 10.1. The fourth-order valence-electron chi connectivity index (χ4n) is 2.51. The molecule has 1 unspecified atom stereocenters. The molecule has 0 radical (unpaired) electrons. The van der Waals surface area contributed by atoms with Crippen molar-refractivity contribution in [3.63, 3.8) is 0 Å². The van der Waals surface area contributed by atoms with Crippen molar-refractivity contribution in [2.75, 3.05) is 32.5 Å². The summed E-state index contributed by atoms with van der Waals surface area (Å²) in [7, 11) is 1.65. The van der Waals surface area contributed by atoms with E-state index in [1.807, 2.05) is 11.8 Å². The topological polar surface area (TPSA) is 58.5 Å². The number of nitrogens with zero attached hydrogens (tertiary/aromatic N) is 2. The minimum absolute atomic E-state index is 0.0484. The maximum absolute atomic E-state index is 12.9. The van der Waals surface area contributed by atoms with Crippen LogP contribution in [0, 0.1) is 0 Å². The molecule has 1 aliphatic rings. The lowest BCUT2D eigenvalue weighted by Gasteiger charge is -2.24. The fourth-order valence-corrected chi connectivity index (χ4v) is 3.75. The normalized spacial score (nSPS) is 21.2. The van der Waals surface area contributed by atoms with E-state index in [4.69, 9.17) is 4.74 Å². The van der Waals surface area contributed by atoms with E-state index in [1.54, 1.807) is 7.05 Å². The second kappa shape index (κ2) is 8.64. The van der Waals surface area contributed by atoms with Gasteiger partial charge in [0.1, 0.15) is 12.2 Å². The summed E-state index contributed by atoms with van der Waals surface area (Å²) in [6, 6.07) is 2.19. The quantitative estimate of drug-likeness (QED) is 0.454. The van der Waals surface area contributed by atoms with Crippen molar-refractivity contribution >= 4 is 17.7 Å². The third-order valence-corrected chi connectivity index (χ3v) is 5.40. The molecule has 0 amide bonds. The van der Waals surface area contributed by atoms with Gasteiger partial charge in [-0.15, -0.1) is 0 Å². The third-order valence-electron chi connectivity index (χ3n) is 3.86. The Hall–Kier alpha value is -1.64. The molecule has 0 aliphatic carbocycles. The molecule has 5 nitrogen and oxygen atoms in total. The van der Waals surface area contributed by atoms with Crippen LogP contribution in [0.2, 0.25) is 0 Å². The van der Waals surface area contributed by atoms with Gasteiger partial charge in [0.2, 0.25) is 5.88 Å². The fraction of sp³-hybridized carbons (Fsp3) is 0.625. The number of ether oxygens (including phenoxy) is 1. The van der Waals surface area contributed by atoms with Crippen molar-refractivity contribution < 1.29 is 17.9 Å². The van der Waals surface area contributed by atoms with Gasteiger partial charge in [0.05, 0.1) is 6.54 Å². The molecule has 1 aliphatic heterocycles. The molecule has 0 saturated carbocycles. The van der Waals surface area contributed by atoms with Gasteiger partial charge in [-0.2, -0.15) is 24.9 Å². The molecule has 9 heteroatoms. The second-order valence-corrected chi connectivity index (χ2v) is 7.64. The maximum atomic E-state index is 12.9. The van der Waals surface area contributed by atoms with Crippen LogP contribution in [-0.4, -0.2) is 48.2 Å². The summed E-state index contributed by atoms with van der Waals surface area (Å²) in [6.07, 6.45) is -0.833. The molecule has 1 aromatic rings. The smallest absolute Gasteiger partial charge is 0.421 e. The number of rotatable bonds is 6. The average molecular weight is 376 g/mol. The first-order chi connectivity index (χ1) is 11.8. The number of hydrogen-bond donors (Lipinski definition) is 2. The number of pyridine rings is 1. The van der Waals surface area contributed by atoms with Gasteiger partial charge in [-0.25, -0.2) is 4.98 Å². The molecular formula is C16H23F3N4OS. The van der Waals surface area contributed by atoms with E-state index in [0.29, 0.717) is 12.5 Å². The SMILES string of the molecule is CN=C(NCCOc1ncccc1C(F)(F)F)NCC1(C)CCCS1. The Bertz CT molecular complexity index is 589. The van der Waals surface area contributed by atoms with Crippen molar-refractivity contribution in [3.05, 3.63) is 23.9 Å². The van der Waals surface area contributed by atoms with Crippen LogP contribution in [0.3, 0.4) is 0 Å². The Labute approximate surface area is 149 Å². The first kappa shape index (κ1) is 19.7. The van der Waals surface area contributed by atoms with Gasteiger partial charge in [0, 0.05) is 24.5 Å². The summed E-state index contributed by atoms with van der Waals surface area (Å²) >= 11 is 1.94. The molecular weight excluding hydrogens is 353 g/mol. The van der Waals surface area contributed by atoms with Gasteiger partial charge in [0.15, 0.2) is 5.96 Å². The summed E-state index contributed by atoms with van der Waals surface area (Å²) in [4.78, 5) is 7.78. The van der Waals surface area contributed by atoms with E-state index in [1.165, 1.54) is 24.4 Å². The number of alkyl halides is 3. The number of guanidine groups is 1. The highest BCUT2D eigenvalue weighted by atomic mass is 32.2. The summed E-state index contributed by atoms with van der Waals surface area (Å²) in [6.45, 7) is 3.37. The molecule has 0 bridgehead atoms. The van der Waals surface area contributed by atoms with E-state index in [2.05, 4.69) is 27.5 Å². The van der Waals surface area contributed by atoms with Crippen molar-refractivity contribution in [3.8, 4) is 5.88 Å². The zero-order chi connectivity index (χ0) is 18.3. The van der Waals surface area contributed by atoms with E-state index in [0.717, 1.165) is 19.0 Å². The Kier molecular flexibility index (Phi) is 6.80. The predicted octanol–water partition coefficient (Wildman–Crippen LogP) is 2.93. The number of nitrogens with one attached hydrogen (secondary N) is 2. The molecule has 1 atom stereocenters. The third kappa shape index (κ3) is 5.98. The molecule has 140 valence electrons. The van der Waals surface area contributed by atoms with Crippen LogP contribution < -0.4 is 15.4 Å². The maximum Gasteiger partial charge on any atom is 0.421 e. The molecule has 1 aromatic heterocycles. The van der Waals surface area contributed by atoms with Crippen LogP contribution >= 0.6 is 11.8 Å². The number of halogens is 3. The van der Waals surface area contributed by atoms with Gasteiger partial charge in [0.25, 0.3) is 0 Å². The highest BCUT2D eigenvalue weighted by Gasteiger charge is 2.35. The number of hydrogen-bond acceptors (Lipinski definition) is 4. The average Bonchev–Trinajstić information content (AvgIpc) is 3.00. The van der Waals surface area contributed by atoms with Gasteiger partial charge in [-0.1, -0.05) is 0 Å². The van der Waals surface area contributed by atoms with Crippen molar-refractivity contribution in [1.82, 2.24) is 15.6 Å². The molecule has 0 spiro atoms. The molecule has 0 aromatic carbocycles. The summed E-state index contributed by atoms with van der Waals surface area (Å²) in [5, 5.41) is 6.29. The zero-order valence-electron chi connectivity index (χ0n) is 14.3. The number of thioether (sulfide) groups is 1. The Balaban J connectivity index is 1.76. The van der Waals surface area contributed by atoms with E-state index >= 15 is 0 Å². The van der Waals surface area contributed by atoms with E-state index in [-0.39, 0.29) is 11.4 Å². The largest absolute Gasteiger partial charge is 0.475 e. The standard InChI is InChI=1S/C16H23F3N4OS/c1-15(6-4-10-25-15)11-23-14(20-2)22-8-9-24-13-12(16(17,18)19)5-3-7-21-13/h3,5,7H,4,6,8-11H2,1-2H3,(H2,20,22,23). The summed E-state index contributed by atoms with van der Waals surface area (Å²) in [5.41, 5.74) is -0.872. The Morgan fingerprint density at radius 3 is 2.88 bits per heavy atom. The number of aromatic nitrogens is 1. The number of aliphatic imine (C=N–C) groups is 1. The van der Waals surface area contributed by atoms with Crippen molar-refractivity contribution in [2.45, 2.75) is 30.7 Å². The van der Waals surface area contributed by atoms with Crippen LogP contribution in [0.1, 0.15) is 25.3 Å².